The van der Waals surface area contributed by atoms with Crippen LogP contribution >= 0.6 is 11.8 Å². The minimum absolute atomic E-state index is 0.0428. The van der Waals surface area contributed by atoms with Gasteiger partial charge < -0.3 is 10.1 Å². The standard InChI is InChI=1S/C18H24FN5O4S2/c1-12-21-18(23-22-12)29-9-7-20-17(25)13-4-3-8-24(11-13)30(26,27)16-10-14(19)5-6-15(16)28-2/h5-6,10,13H,3-4,7-9,11H2,1-2H3,(H,20,25)(H,21,22,23). The predicted molar refractivity (Wildman–Crippen MR) is 109 cm³/mol. The maximum Gasteiger partial charge on any atom is 0.246 e. The Hall–Kier alpha value is -2.18. The number of carbonyl (C=O) groups excluding carboxylic acids is 1. The summed E-state index contributed by atoms with van der Waals surface area (Å²) < 4.78 is 46.0. The van der Waals surface area contributed by atoms with Crippen molar-refractivity contribution in [2.45, 2.75) is 29.8 Å². The smallest absolute Gasteiger partial charge is 0.246 e. The van der Waals surface area contributed by atoms with E-state index in [1.54, 1.807) is 6.92 Å². The number of H-pyrrole nitrogens is 1. The molecule has 2 heterocycles. The highest BCUT2D eigenvalue weighted by atomic mass is 32.2. The number of sulfonamides is 1. The number of methoxy groups -OCH3 is 1. The van der Waals surface area contributed by atoms with Gasteiger partial charge in [0, 0.05) is 25.4 Å². The minimum atomic E-state index is -3.99. The van der Waals surface area contributed by atoms with Gasteiger partial charge in [-0.05, 0) is 38.0 Å². The van der Waals surface area contributed by atoms with Crippen molar-refractivity contribution in [3.8, 4) is 5.75 Å². The molecule has 1 saturated heterocycles. The third kappa shape index (κ3) is 5.29. The fourth-order valence-electron chi connectivity index (χ4n) is 3.21. The molecule has 30 heavy (non-hydrogen) atoms. The second-order valence-electron chi connectivity index (χ2n) is 6.84. The summed E-state index contributed by atoms with van der Waals surface area (Å²) in [5.41, 5.74) is 0. The predicted octanol–water partition coefficient (Wildman–Crippen LogP) is 1.57. The molecule has 1 aliphatic rings. The Kier molecular flexibility index (Phi) is 7.32. The minimum Gasteiger partial charge on any atom is -0.495 e. The van der Waals surface area contributed by atoms with Crippen LogP contribution < -0.4 is 10.1 Å². The number of thioether (sulfide) groups is 1. The third-order valence-corrected chi connectivity index (χ3v) is 7.44. The van der Waals surface area contributed by atoms with Gasteiger partial charge in [-0.25, -0.2) is 17.8 Å². The molecule has 1 atom stereocenters. The first-order chi connectivity index (χ1) is 14.3. The van der Waals surface area contributed by atoms with Crippen LogP contribution in [-0.4, -0.2) is 66.3 Å². The van der Waals surface area contributed by atoms with Gasteiger partial charge in [0.05, 0.1) is 13.0 Å². The Balaban J connectivity index is 1.59. The topological polar surface area (TPSA) is 117 Å². The van der Waals surface area contributed by atoms with Gasteiger partial charge >= 0.3 is 0 Å². The van der Waals surface area contributed by atoms with E-state index >= 15 is 0 Å². The number of amides is 1. The average Bonchev–Trinajstić information content (AvgIpc) is 3.16. The molecular weight excluding hydrogens is 433 g/mol. The summed E-state index contributed by atoms with van der Waals surface area (Å²) in [6.45, 7) is 2.53. The van der Waals surface area contributed by atoms with Gasteiger partial charge in [-0.3, -0.25) is 9.89 Å². The Morgan fingerprint density at radius 1 is 1.47 bits per heavy atom. The molecule has 0 bridgehead atoms. The molecule has 9 nitrogen and oxygen atoms in total. The highest BCUT2D eigenvalue weighted by Crippen LogP contribution is 2.30. The maximum absolute atomic E-state index is 13.7. The van der Waals surface area contributed by atoms with E-state index in [4.69, 9.17) is 4.74 Å². The molecule has 0 saturated carbocycles. The van der Waals surface area contributed by atoms with Crippen LogP contribution in [-0.2, 0) is 14.8 Å². The molecule has 1 unspecified atom stereocenters. The van der Waals surface area contributed by atoms with E-state index < -0.39 is 21.8 Å². The van der Waals surface area contributed by atoms with Crippen molar-refractivity contribution in [2.24, 2.45) is 5.92 Å². The fourth-order valence-corrected chi connectivity index (χ4v) is 5.60. The Morgan fingerprint density at radius 3 is 2.97 bits per heavy atom. The second-order valence-corrected chi connectivity index (χ2v) is 9.81. The lowest BCUT2D eigenvalue weighted by Gasteiger charge is -2.31. The number of rotatable bonds is 8. The summed E-state index contributed by atoms with van der Waals surface area (Å²) in [6, 6.07) is 3.37. The number of aromatic nitrogens is 3. The van der Waals surface area contributed by atoms with Gasteiger partial charge in [-0.15, -0.1) is 5.10 Å². The first-order valence-corrected chi connectivity index (χ1v) is 11.9. The summed E-state index contributed by atoms with van der Waals surface area (Å²) in [5.74, 6) is 0.0526. The maximum atomic E-state index is 13.7. The van der Waals surface area contributed by atoms with E-state index in [0.717, 1.165) is 18.0 Å². The van der Waals surface area contributed by atoms with Crippen molar-refractivity contribution in [1.82, 2.24) is 24.8 Å². The van der Waals surface area contributed by atoms with Crippen LogP contribution in [0.25, 0.3) is 0 Å². The van der Waals surface area contributed by atoms with Crippen molar-refractivity contribution >= 4 is 27.7 Å². The van der Waals surface area contributed by atoms with Gasteiger partial charge in [0.25, 0.3) is 0 Å². The summed E-state index contributed by atoms with van der Waals surface area (Å²) in [4.78, 5) is 16.5. The van der Waals surface area contributed by atoms with Gasteiger partial charge in [0.2, 0.25) is 21.1 Å². The zero-order chi connectivity index (χ0) is 21.7. The summed E-state index contributed by atoms with van der Waals surface area (Å²) in [6.07, 6.45) is 1.13. The van der Waals surface area contributed by atoms with Crippen molar-refractivity contribution in [1.29, 1.82) is 0 Å². The molecule has 1 aromatic heterocycles. The number of nitrogens with one attached hydrogen (secondary N) is 2. The number of piperidine rings is 1. The normalized spacial score (nSPS) is 17.6. The Bertz CT molecular complexity index is 998. The molecule has 0 spiro atoms. The van der Waals surface area contributed by atoms with E-state index in [9.17, 15) is 17.6 Å². The number of hydrogen-bond donors (Lipinski definition) is 2. The zero-order valence-electron chi connectivity index (χ0n) is 16.7. The van der Waals surface area contributed by atoms with Crippen molar-refractivity contribution in [3.05, 3.63) is 29.8 Å². The summed E-state index contributed by atoms with van der Waals surface area (Å²) >= 11 is 1.41. The van der Waals surface area contributed by atoms with Crippen molar-refractivity contribution in [3.63, 3.8) is 0 Å². The first kappa shape index (κ1) is 22.5. The monoisotopic (exact) mass is 457 g/mol. The summed E-state index contributed by atoms with van der Waals surface area (Å²) in [5, 5.41) is 10.2. The molecule has 12 heteroatoms. The number of nitrogens with zero attached hydrogens (tertiary/aromatic N) is 3. The lowest BCUT2D eigenvalue weighted by molar-refractivity contribution is -0.125. The molecular formula is C18H24FN5O4S2. The largest absolute Gasteiger partial charge is 0.495 e. The first-order valence-electron chi connectivity index (χ1n) is 9.44. The molecule has 2 N–H and O–H groups in total. The fraction of sp³-hybridized carbons (Fsp3) is 0.500. The van der Waals surface area contributed by atoms with Crippen LogP contribution in [0.3, 0.4) is 0 Å². The van der Waals surface area contributed by atoms with Crippen molar-refractivity contribution in [2.75, 3.05) is 32.5 Å². The van der Waals surface area contributed by atoms with E-state index in [1.807, 2.05) is 0 Å². The average molecular weight is 458 g/mol. The van der Waals surface area contributed by atoms with Crippen LogP contribution in [0.15, 0.2) is 28.3 Å². The molecule has 164 valence electrons. The number of ether oxygens (including phenoxy) is 1. The van der Waals surface area contributed by atoms with Gasteiger partial charge in [-0.1, -0.05) is 11.8 Å². The lowest BCUT2D eigenvalue weighted by atomic mass is 9.99. The van der Waals surface area contributed by atoms with Crippen LogP contribution in [0.4, 0.5) is 4.39 Å². The van der Waals surface area contributed by atoms with Crippen LogP contribution in [0, 0.1) is 18.7 Å². The van der Waals surface area contributed by atoms with E-state index in [1.165, 1.54) is 29.2 Å². The quantitative estimate of drug-likeness (QED) is 0.456. The molecule has 0 aliphatic carbocycles. The van der Waals surface area contributed by atoms with Crippen LogP contribution in [0.1, 0.15) is 18.7 Å². The van der Waals surface area contributed by atoms with Gasteiger partial charge in [-0.2, -0.15) is 4.31 Å². The van der Waals surface area contributed by atoms with Gasteiger partial charge in [0.1, 0.15) is 22.3 Å². The highest BCUT2D eigenvalue weighted by molar-refractivity contribution is 7.99. The number of benzene rings is 1. The molecule has 1 aliphatic heterocycles. The number of carbonyl (C=O) groups is 1. The Labute approximate surface area is 178 Å². The van der Waals surface area contributed by atoms with Crippen LogP contribution in [0.5, 0.6) is 5.75 Å². The molecule has 0 radical (unpaired) electrons. The number of aromatic amines is 1. The number of aryl methyl sites for hydroxylation is 1. The van der Waals surface area contributed by atoms with Crippen molar-refractivity contribution < 1.29 is 22.3 Å². The Morgan fingerprint density at radius 2 is 2.27 bits per heavy atom. The molecule has 1 amide bonds. The zero-order valence-corrected chi connectivity index (χ0v) is 18.4. The van der Waals surface area contributed by atoms with E-state index in [-0.39, 0.29) is 29.6 Å². The summed E-state index contributed by atoms with van der Waals surface area (Å²) in [7, 11) is -2.66. The van der Waals surface area contributed by atoms with Gasteiger partial charge in [0.15, 0.2) is 0 Å². The highest BCUT2D eigenvalue weighted by Gasteiger charge is 2.35. The second kappa shape index (κ2) is 9.75. The van der Waals surface area contributed by atoms with E-state index in [2.05, 4.69) is 20.5 Å². The number of hydrogen-bond acceptors (Lipinski definition) is 7. The van der Waals surface area contributed by atoms with Crippen LogP contribution in [0.2, 0.25) is 0 Å². The third-order valence-electron chi connectivity index (χ3n) is 4.71. The van der Waals surface area contributed by atoms with E-state index in [0.29, 0.717) is 30.3 Å². The SMILES string of the molecule is COc1ccc(F)cc1S(=O)(=O)N1CCCC(C(=O)NCCSc2n[nH]c(C)n2)C1. The molecule has 3 rings (SSSR count). The molecule has 2 aromatic rings. The number of halogens is 1. The molecule has 1 fully saturated rings. The molecule has 1 aromatic carbocycles. The lowest BCUT2D eigenvalue weighted by Crippen LogP contribution is -2.45.